The van der Waals surface area contributed by atoms with Crippen LogP contribution in [0.25, 0.3) is 0 Å². The molecular formula is C12H12BrClN2S. The maximum Gasteiger partial charge on any atom is 0.0897 e. The minimum Gasteiger partial charge on any atom is -0.324 e. The van der Waals surface area contributed by atoms with Crippen LogP contribution in [0.5, 0.6) is 0 Å². The molecule has 2 N–H and O–H groups in total. The molecule has 2 rings (SSSR count). The minimum atomic E-state index is -0.0773. The molecule has 0 bridgehead atoms. The highest BCUT2D eigenvalue weighted by molar-refractivity contribution is 9.10. The van der Waals surface area contributed by atoms with E-state index in [0.29, 0.717) is 5.02 Å². The Bertz CT molecular complexity index is 507. The van der Waals surface area contributed by atoms with Crippen molar-refractivity contribution in [3.8, 4) is 0 Å². The largest absolute Gasteiger partial charge is 0.324 e. The van der Waals surface area contributed by atoms with Crippen molar-refractivity contribution in [1.82, 2.24) is 4.98 Å². The highest BCUT2D eigenvalue weighted by atomic mass is 79.9. The minimum absolute atomic E-state index is 0.0773. The predicted octanol–water partition coefficient (Wildman–Crippen LogP) is 4.11. The van der Waals surface area contributed by atoms with Crippen LogP contribution < -0.4 is 5.73 Å². The number of nitrogens with zero attached hydrogens (tertiary/aromatic N) is 1. The van der Waals surface area contributed by atoms with Gasteiger partial charge in [-0.2, -0.15) is 0 Å². The summed E-state index contributed by atoms with van der Waals surface area (Å²) in [5.41, 5.74) is 8.22. The normalized spacial score (nSPS) is 12.7. The molecule has 1 heterocycles. The Morgan fingerprint density at radius 2 is 2.24 bits per heavy atom. The molecule has 0 aliphatic rings. The van der Waals surface area contributed by atoms with Gasteiger partial charge in [-0.05, 0) is 30.7 Å². The number of aromatic nitrogens is 1. The van der Waals surface area contributed by atoms with E-state index in [0.717, 1.165) is 27.2 Å². The molecule has 0 fully saturated rings. The third-order valence-corrected chi connectivity index (χ3v) is 3.91. The number of hydrogen-bond acceptors (Lipinski definition) is 3. The van der Waals surface area contributed by atoms with E-state index in [1.165, 1.54) is 0 Å². The Morgan fingerprint density at radius 1 is 1.47 bits per heavy atom. The molecule has 0 saturated carbocycles. The van der Waals surface area contributed by atoms with Gasteiger partial charge in [-0.3, -0.25) is 0 Å². The second-order valence-electron chi connectivity index (χ2n) is 3.87. The zero-order chi connectivity index (χ0) is 12.4. The van der Waals surface area contributed by atoms with Gasteiger partial charge in [0.05, 0.1) is 10.7 Å². The Hall–Kier alpha value is -0.420. The molecule has 0 aliphatic carbocycles. The zero-order valence-electron chi connectivity index (χ0n) is 9.28. The summed E-state index contributed by atoms with van der Waals surface area (Å²) in [5.74, 6) is 0. The number of benzene rings is 1. The van der Waals surface area contributed by atoms with Crippen LogP contribution in [-0.4, -0.2) is 4.98 Å². The van der Waals surface area contributed by atoms with Gasteiger partial charge in [0.1, 0.15) is 0 Å². The zero-order valence-corrected chi connectivity index (χ0v) is 12.4. The lowest BCUT2D eigenvalue weighted by molar-refractivity contribution is 0.708. The van der Waals surface area contributed by atoms with Crippen LogP contribution in [0.1, 0.15) is 22.3 Å². The van der Waals surface area contributed by atoms with Gasteiger partial charge in [-0.1, -0.05) is 27.5 Å². The smallest absolute Gasteiger partial charge is 0.0897 e. The summed E-state index contributed by atoms with van der Waals surface area (Å²) in [6.45, 7) is 2.00. The maximum absolute atomic E-state index is 6.16. The topological polar surface area (TPSA) is 38.9 Å². The molecule has 5 heteroatoms. The average molecular weight is 332 g/mol. The van der Waals surface area contributed by atoms with E-state index in [1.807, 2.05) is 25.1 Å². The lowest BCUT2D eigenvalue weighted by Crippen LogP contribution is -2.13. The lowest BCUT2D eigenvalue weighted by atomic mass is 10.0. The van der Waals surface area contributed by atoms with Crippen LogP contribution in [0.15, 0.2) is 28.1 Å². The molecule has 1 atom stereocenters. The van der Waals surface area contributed by atoms with E-state index in [2.05, 4.69) is 26.3 Å². The molecule has 1 aromatic heterocycles. The number of thiazole rings is 1. The van der Waals surface area contributed by atoms with Crippen molar-refractivity contribution in [1.29, 1.82) is 0 Å². The van der Waals surface area contributed by atoms with Crippen molar-refractivity contribution in [2.75, 3.05) is 0 Å². The fourth-order valence-corrected chi connectivity index (χ4v) is 3.15. The van der Waals surface area contributed by atoms with Crippen molar-refractivity contribution in [2.24, 2.45) is 5.73 Å². The molecule has 0 aliphatic heterocycles. The number of hydrogen-bond donors (Lipinski definition) is 1. The Labute approximate surface area is 118 Å². The molecule has 0 amide bonds. The maximum atomic E-state index is 6.16. The van der Waals surface area contributed by atoms with Crippen LogP contribution in [0, 0.1) is 6.92 Å². The average Bonchev–Trinajstić information content (AvgIpc) is 2.62. The van der Waals surface area contributed by atoms with Gasteiger partial charge >= 0.3 is 0 Å². The van der Waals surface area contributed by atoms with Gasteiger partial charge in [0.15, 0.2) is 0 Å². The molecule has 1 unspecified atom stereocenters. The summed E-state index contributed by atoms with van der Waals surface area (Å²) in [5, 5.41) is 3.81. The van der Waals surface area contributed by atoms with Crippen LogP contribution >= 0.6 is 38.9 Å². The summed E-state index contributed by atoms with van der Waals surface area (Å²) in [7, 11) is 0. The fraction of sp³-hybridized carbons (Fsp3) is 0.250. The monoisotopic (exact) mass is 330 g/mol. The Balaban J connectivity index is 2.16. The highest BCUT2D eigenvalue weighted by Gasteiger charge is 2.10. The van der Waals surface area contributed by atoms with Crippen molar-refractivity contribution in [2.45, 2.75) is 19.4 Å². The number of halogens is 2. The first-order valence-electron chi connectivity index (χ1n) is 5.17. The summed E-state index contributed by atoms with van der Waals surface area (Å²) in [4.78, 5) is 4.41. The van der Waals surface area contributed by atoms with E-state index in [4.69, 9.17) is 17.3 Å². The molecule has 0 saturated heterocycles. The molecule has 2 aromatic rings. The molecule has 0 radical (unpaired) electrons. The van der Waals surface area contributed by atoms with Crippen LogP contribution in [0.4, 0.5) is 0 Å². The third kappa shape index (κ3) is 3.52. The highest BCUT2D eigenvalue weighted by Crippen LogP contribution is 2.25. The molecule has 2 nitrogen and oxygen atoms in total. The van der Waals surface area contributed by atoms with Gasteiger partial charge in [0.25, 0.3) is 0 Å². The number of aryl methyl sites for hydroxylation is 1. The third-order valence-electron chi connectivity index (χ3n) is 2.41. The van der Waals surface area contributed by atoms with E-state index < -0.39 is 0 Å². The summed E-state index contributed by atoms with van der Waals surface area (Å²) in [6, 6.07) is 5.67. The van der Waals surface area contributed by atoms with Crippen LogP contribution in [0.2, 0.25) is 5.02 Å². The van der Waals surface area contributed by atoms with Gasteiger partial charge in [0.2, 0.25) is 0 Å². The molecular weight excluding hydrogens is 320 g/mol. The Morgan fingerprint density at radius 3 is 2.82 bits per heavy atom. The van der Waals surface area contributed by atoms with Gasteiger partial charge in [-0.15, -0.1) is 11.3 Å². The first-order chi connectivity index (χ1) is 8.04. The molecule has 90 valence electrons. The number of rotatable bonds is 3. The second-order valence-corrected chi connectivity index (χ2v) is 6.29. The van der Waals surface area contributed by atoms with Crippen molar-refractivity contribution in [3.05, 3.63) is 49.3 Å². The molecule has 0 spiro atoms. The first-order valence-corrected chi connectivity index (χ1v) is 7.22. The van der Waals surface area contributed by atoms with Crippen molar-refractivity contribution >= 4 is 38.9 Å². The summed E-state index contributed by atoms with van der Waals surface area (Å²) < 4.78 is 0.949. The van der Waals surface area contributed by atoms with Gasteiger partial charge in [0, 0.05) is 27.3 Å². The Kier molecular flexibility index (Phi) is 4.20. The van der Waals surface area contributed by atoms with E-state index in [-0.39, 0.29) is 6.04 Å². The standard InChI is InChI=1S/C12H12BrClN2S/c1-7-16-11(6-17-7)5-12(15)8-2-9(13)4-10(14)3-8/h2-4,6,12H,5,15H2,1H3. The quantitative estimate of drug-likeness (QED) is 0.919. The lowest BCUT2D eigenvalue weighted by Gasteiger charge is -2.11. The molecule has 1 aromatic carbocycles. The van der Waals surface area contributed by atoms with Crippen LogP contribution in [0.3, 0.4) is 0 Å². The number of nitrogens with two attached hydrogens (primary N) is 1. The summed E-state index contributed by atoms with van der Waals surface area (Å²) >= 11 is 11.1. The van der Waals surface area contributed by atoms with E-state index in [1.54, 1.807) is 11.3 Å². The van der Waals surface area contributed by atoms with E-state index >= 15 is 0 Å². The second kappa shape index (κ2) is 5.48. The van der Waals surface area contributed by atoms with Crippen molar-refractivity contribution < 1.29 is 0 Å². The fourth-order valence-electron chi connectivity index (χ4n) is 1.63. The van der Waals surface area contributed by atoms with Crippen molar-refractivity contribution in [3.63, 3.8) is 0 Å². The first kappa shape index (κ1) is 13.0. The summed E-state index contributed by atoms with van der Waals surface area (Å²) in [6.07, 6.45) is 0.733. The van der Waals surface area contributed by atoms with Gasteiger partial charge in [-0.25, -0.2) is 4.98 Å². The van der Waals surface area contributed by atoms with Crippen LogP contribution in [-0.2, 0) is 6.42 Å². The molecule has 17 heavy (non-hydrogen) atoms. The van der Waals surface area contributed by atoms with Gasteiger partial charge < -0.3 is 5.73 Å². The SMILES string of the molecule is Cc1nc(CC(N)c2cc(Cl)cc(Br)c2)cs1. The predicted molar refractivity (Wildman–Crippen MR) is 76.6 cm³/mol. The van der Waals surface area contributed by atoms with E-state index in [9.17, 15) is 0 Å².